The van der Waals surface area contributed by atoms with Crippen LogP contribution in [0.3, 0.4) is 0 Å². The highest BCUT2D eigenvalue weighted by Gasteiger charge is 2.24. The molecule has 9 rings (SSSR count). The molecule has 7 aromatic rings. The lowest BCUT2D eigenvalue weighted by atomic mass is 9.79. The first-order chi connectivity index (χ1) is 20.3. The summed E-state index contributed by atoms with van der Waals surface area (Å²) in [6.07, 6.45) is 12.8. The minimum absolute atomic E-state index is 0.857. The average molecular weight is 524 g/mol. The molecule has 0 amide bonds. The molecule has 0 radical (unpaired) electrons. The second-order valence-electron chi connectivity index (χ2n) is 11.0. The van der Waals surface area contributed by atoms with Crippen LogP contribution in [0.5, 0.6) is 11.5 Å². The Labute approximate surface area is 237 Å². The zero-order valence-corrected chi connectivity index (χ0v) is 22.4. The molecule has 0 fully saturated rings. The van der Waals surface area contributed by atoms with Crippen LogP contribution < -0.4 is 4.74 Å². The van der Waals surface area contributed by atoms with Gasteiger partial charge in [0, 0.05) is 33.9 Å². The third-order valence-electron chi connectivity index (χ3n) is 8.83. The maximum absolute atomic E-state index is 6.87. The smallest absolute Gasteiger partial charge is 0.143 e. The minimum Gasteiger partial charge on any atom is -0.455 e. The largest absolute Gasteiger partial charge is 0.455 e. The zero-order chi connectivity index (χ0) is 26.9. The third kappa shape index (κ3) is 3.28. The van der Waals surface area contributed by atoms with Crippen LogP contribution >= 0.6 is 0 Å². The fourth-order valence-electron chi connectivity index (χ4n) is 7.02. The van der Waals surface area contributed by atoms with E-state index in [4.69, 9.17) is 4.74 Å². The number of pyridine rings is 1. The highest BCUT2D eigenvalue weighted by atomic mass is 16.5. The molecule has 2 heteroatoms. The van der Waals surface area contributed by atoms with Crippen LogP contribution in [0.15, 0.2) is 122 Å². The molecule has 0 saturated heterocycles. The summed E-state index contributed by atoms with van der Waals surface area (Å²) < 4.78 is 6.87. The Morgan fingerprint density at radius 2 is 1.44 bits per heavy atom. The van der Waals surface area contributed by atoms with Crippen molar-refractivity contribution in [2.24, 2.45) is 0 Å². The van der Waals surface area contributed by atoms with Gasteiger partial charge in [-0.2, -0.15) is 0 Å². The fraction of sp³-hybridized carbons (Fsp3) is 0.0513. The van der Waals surface area contributed by atoms with Gasteiger partial charge in [-0.15, -0.1) is 0 Å². The molecule has 0 spiro atoms. The molecule has 2 nitrogen and oxygen atoms in total. The summed E-state index contributed by atoms with van der Waals surface area (Å²) >= 11 is 0. The molecule has 41 heavy (non-hydrogen) atoms. The van der Waals surface area contributed by atoms with Crippen LogP contribution in [0.4, 0.5) is 0 Å². The molecule has 2 aliphatic rings. The second-order valence-corrected chi connectivity index (χ2v) is 11.0. The maximum Gasteiger partial charge on any atom is 0.143 e. The van der Waals surface area contributed by atoms with Crippen LogP contribution in [0, 0.1) is 0 Å². The van der Waals surface area contributed by atoms with Crippen molar-refractivity contribution in [2.45, 2.75) is 12.8 Å². The summed E-state index contributed by atoms with van der Waals surface area (Å²) in [5.41, 5.74) is 8.05. The number of ether oxygens (including phenoxy) is 1. The van der Waals surface area contributed by atoms with Gasteiger partial charge in [0.15, 0.2) is 0 Å². The van der Waals surface area contributed by atoms with E-state index in [1.54, 1.807) is 0 Å². The molecule has 0 bridgehead atoms. The van der Waals surface area contributed by atoms with Gasteiger partial charge in [0.25, 0.3) is 0 Å². The Kier molecular flexibility index (Phi) is 4.76. The molecule has 0 atom stereocenters. The first-order valence-corrected chi connectivity index (χ1v) is 14.2. The molecule has 192 valence electrons. The van der Waals surface area contributed by atoms with Gasteiger partial charge in [0.05, 0.1) is 0 Å². The van der Waals surface area contributed by atoms with Crippen molar-refractivity contribution in [1.82, 2.24) is 4.98 Å². The molecular formula is C39H25NO. The number of nitrogens with zero attached hydrogens (tertiary/aromatic N) is 1. The standard InChI is InChI=1S/C39H25NO/c1-2-11-28-24(7-1)8-6-14-35(28)41-39-32-13-4-3-12-29(32)38(34-23-40-22-21-33(34)39)31-20-18-27-16-15-25-9-5-10-26-17-19-30(31)37(27)36(25)26/h1-8,10-15,17-23H,9,16H2. The average Bonchev–Trinajstić information content (AvgIpc) is 3.04. The third-order valence-corrected chi connectivity index (χ3v) is 8.83. The summed E-state index contributed by atoms with van der Waals surface area (Å²) in [7, 11) is 0. The predicted octanol–water partition coefficient (Wildman–Crippen LogP) is 10.5. The van der Waals surface area contributed by atoms with Crippen molar-refractivity contribution >= 4 is 54.7 Å². The Morgan fingerprint density at radius 3 is 2.39 bits per heavy atom. The van der Waals surface area contributed by atoms with Gasteiger partial charge in [0.2, 0.25) is 0 Å². The van der Waals surface area contributed by atoms with Gasteiger partial charge in [-0.1, -0.05) is 103 Å². The van der Waals surface area contributed by atoms with Crippen molar-refractivity contribution in [1.29, 1.82) is 0 Å². The second kappa shape index (κ2) is 8.64. The van der Waals surface area contributed by atoms with E-state index in [2.05, 4.69) is 120 Å². The van der Waals surface area contributed by atoms with E-state index in [1.807, 2.05) is 12.4 Å². The molecule has 2 aliphatic carbocycles. The zero-order valence-electron chi connectivity index (χ0n) is 22.4. The van der Waals surface area contributed by atoms with Gasteiger partial charge in [0.1, 0.15) is 11.5 Å². The molecule has 0 N–H and O–H groups in total. The van der Waals surface area contributed by atoms with E-state index in [0.717, 1.165) is 51.3 Å². The first kappa shape index (κ1) is 22.6. The van der Waals surface area contributed by atoms with E-state index in [-0.39, 0.29) is 0 Å². The van der Waals surface area contributed by atoms with Crippen molar-refractivity contribution in [2.75, 3.05) is 0 Å². The van der Waals surface area contributed by atoms with Crippen molar-refractivity contribution in [3.8, 4) is 22.6 Å². The molecule has 0 saturated carbocycles. The Hall–Kier alpha value is -5.21. The number of rotatable bonds is 3. The highest BCUT2D eigenvalue weighted by Crippen LogP contribution is 2.49. The van der Waals surface area contributed by atoms with Gasteiger partial charge < -0.3 is 4.74 Å². The molecule has 0 aliphatic heterocycles. The van der Waals surface area contributed by atoms with Crippen molar-refractivity contribution in [3.63, 3.8) is 0 Å². The van der Waals surface area contributed by atoms with Gasteiger partial charge >= 0.3 is 0 Å². The van der Waals surface area contributed by atoms with E-state index in [0.29, 0.717) is 0 Å². The van der Waals surface area contributed by atoms with Crippen molar-refractivity contribution < 1.29 is 4.74 Å². The van der Waals surface area contributed by atoms with Crippen LogP contribution in [0.1, 0.15) is 23.1 Å². The quantitative estimate of drug-likeness (QED) is 0.215. The summed E-state index contributed by atoms with van der Waals surface area (Å²) in [5, 5.41) is 9.40. The summed E-state index contributed by atoms with van der Waals surface area (Å²) in [6.45, 7) is 0. The van der Waals surface area contributed by atoms with Crippen molar-refractivity contribution in [3.05, 3.63) is 138 Å². The van der Waals surface area contributed by atoms with Crippen LogP contribution in [-0.4, -0.2) is 4.98 Å². The number of aromatic nitrogens is 1. The van der Waals surface area contributed by atoms with E-state index >= 15 is 0 Å². The van der Waals surface area contributed by atoms with Gasteiger partial charge in [-0.05, 0) is 79.9 Å². The lowest BCUT2D eigenvalue weighted by Crippen LogP contribution is -2.04. The van der Waals surface area contributed by atoms with E-state index in [1.165, 1.54) is 49.5 Å². The van der Waals surface area contributed by atoms with Crippen LogP contribution in [-0.2, 0) is 6.42 Å². The molecular weight excluding hydrogens is 498 g/mol. The van der Waals surface area contributed by atoms with Gasteiger partial charge in [-0.25, -0.2) is 0 Å². The molecule has 6 aromatic carbocycles. The highest BCUT2D eigenvalue weighted by molar-refractivity contribution is 6.21. The normalized spacial score (nSPS) is 13.7. The minimum atomic E-state index is 0.857. The molecule has 0 unspecified atom stereocenters. The van der Waals surface area contributed by atoms with Gasteiger partial charge in [-0.3, -0.25) is 4.98 Å². The Morgan fingerprint density at radius 1 is 0.610 bits per heavy atom. The topological polar surface area (TPSA) is 22.1 Å². The first-order valence-electron chi connectivity index (χ1n) is 14.2. The van der Waals surface area contributed by atoms with Crippen LogP contribution in [0.2, 0.25) is 0 Å². The lowest BCUT2D eigenvalue weighted by molar-refractivity contribution is 0.499. The Bertz CT molecular complexity index is 2230. The monoisotopic (exact) mass is 523 g/mol. The van der Waals surface area contributed by atoms with Crippen LogP contribution in [0.25, 0.3) is 65.9 Å². The Balaban J connectivity index is 1.36. The SMILES string of the molecule is C1=Cc2ccc3c(-c4c5ccccc5c(Oc5cccc6ccccc56)c5ccncc45)ccc4c3c2C(=CC4)C1. The number of hydrogen-bond acceptors (Lipinski definition) is 2. The lowest BCUT2D eigenvalue weighted by Gasteiger charge is -2.25. The van der Waals surface area contributed by atoms with E-state index in [9.17, 15) is 0 Å². The molecule has 1 heterocycles. The number of allylic oxidation sites excluding steroid dienone is 3. The fourth-order valence-corrected chi connectivity index (χ4v) is 7.02. The number of hydrogen-bond donors (Lipinski definition) is 0. The summed E-state index contributed by atoms with van der Waals surface area (Å²) in [6, 6.07) is 34.7. The summed E-state index contributed by atoms with van der Waals surface area (Å²) in [4.78, 5) is 4.62. The molecule has 1 aromatic heterocycles. The number of fused-ring (bicyclic) bond motifs is 3. The predicted molar refractivity (Wildman–Crippen MR) is 172 cm³/mol. The number of benzene rings is 6. The van der Waals surface area contributed by atoms with E-state index < -0.39 is 0 Å². The summed E-state index contributed by atoms with van der Waals surface area (Å²) in [5.74, 6) is 1.72. The maximum atomic E-state index is 6.87.